The van der Waals surface area contributed by atoms with Gasteiger partial charge in [-0.05, 0) is 30.7 Å². The molecule has 1 aliphatic rings. The third-order valence-electron chi connectivity index (χ3n) is 3.66. The largest absolute Gasteiger partial charge is 0.481 e. The average Bonchev–Trinajstić information content (AvgIpc) is 2.85. The summed E-state index contributed by atoms with van der Waals surface area (Å²) >= 11 is 0. The van der Waals surface area contributed by atoms with E-state index in [-0.39, 0.29) is 17.4 Å². The number of hydrogen-bond donors (Lipinski definition) is 1. The van der Waals surface area contributed by atoms with Crippen LogP contribution in [0.15, 0.2) is 12.4 Å². The molecule has 6 nitrogen and oxygen atoms in total. The Labute approximate surface area is 112 Å². The Kier molecular flexibility index (Phi) is 3.93. The highest BCUT2D eigenvalue weighted by Gasteiger charge is 2.36. The minimum Gasteiger partial charge on any atom is -0.481 e. The first-order valence-electron chi connectivity index (χ1n) is 6.28. The van der Waals surface area contributed by atoms with Crippen molar-refractivity contribution in [3.63, 3.8) is 0 Å². The molecule has 0 saturated carbocycles. The third kappa shape index (κ3) is 3.56. The van der Waals surface area contributed by atoms with Crippen LogP contribution in [-0.4, -0.2) is 40.8 Å². The first-order chi connectivity index (χ1) is 8.87. The number of aryl methyl sites for hydroxylation is 2. The minimum absolute atomic E-state index is 0.0109. The van der Waals surface area contributed by atoms with Crippen LogP contribution in [0.4, 0.5) is 0 Å². The van der Waals surface area contributed by atoms with E-state index in [4.69, 9.17) is 0 Å². The van der Waals surface area contributed by atoms with Gasteiger partial charge < -0.3 is 5.11 Å². The van der Waals surface area contributed by atoms with Gasteiger partial charge in [0.1, 0.15) is 0 Å². The van der Waals surface area contributed by atoms with Crippen LogP contribution >= 0.6 is 0 Å². The zero-order valence-electron chi connectivity index (χ0n) is 10.8. The van der Waals surface area contributed by atoms with E-state index in [0.717, 1.165) is 5.56 Å². The maximum Gasteiger partial charge on any atom is 0.306 e. The van der Waals surface area contributed by atoms with Crippen molar-refractivity contribution >= 4 is 15.8 Å². The molecule has 19 heavy (non-hydrogen) atoms. The van der Waals surface area contributed by atoms with E-state index >= 15 is 0 Å². The maximum atomic E-state index is 11.4. The van der Waals surface area contributed by atoms with E-state index in [1.807, 2.05) is 13.2 Å². The number of hydrogen-bond acceptors (Lipinski definition) is 4. The summed E-state index contributed by atoms with van der Waals surface area (Å²) in [4.78, 5) is 11.3. The normalized spacial score (nSPS) is 23.3. The fraction of sp³-hybridized carbons (Fsp3) is 0.667. The predicted molar refractivity (Wildman–Crippen MR) is 69.4 cm³/mol. The Morgan fingerprint density at radius 3 is 2.84 bits per heavy atom. The first-order valence-corrected chi connectivity index (χ1v) is 8.10. The van der Waals surface area contributed by atoms with Crippen molar-refractivity contribution in [3.05, 3.63) is 18.0 Å². The summed E-state index contributed by atoms with van der Waals surface area (Å²) in [5.74, 6) is -1.60. The standard InChI is InChI=1S/C12H18N2O4S/c1-14-7-9(6-13-14)2-3-11(12(15)16)10-4-5-19(17,18)8-10/h6-7,10-11H,2-5,8H2,1H3,(H,15,16). The molecule has 0 radical (unpaired) electrons. The van der Waals surface area contributed by atoms with Crippen LogP contribution < -0.4 is 0 Å². The molecule has 2 atom stereocenters. The molecule has 0 bridgehead atoms. The van der Waals surface area contributed by atoms with Gasteiger partial charge in [-0.2, -0.15) is 5.10 Å². The van der Waals surface area contributed by atoms with E-state index in [1.54, 1.807) is 10.9 Å². The molecule has 2 rings (SSSR count). The number of nitrogens with zero attached hydrogens (tertiary/aromatic N) is 2. The van der Waals surface area contributed by atoms with E-state index in [1.165, 1.54) is 0 Å². The SMILES string of the molecule is Cn1cc(CCC(C(=O)O)C2CCS(=O)(=O)C2)cn1. The fourth-order valence-electron chi connectivity index (χ4n) is 2.63. The van der Waals surface area contributed by atoms with Crippen LogP contribution in [0, 0.1) is 11.8 Å². The Morgan fingerprint density at radius 1 is 1.63 bits per heavy atom. The molecule has 1 aliphatic heterocycles. The smallest absolute Gasteiger partial charge is 0.306 e. The third-order valence-corrected chi connectivity index (χ3v) is 5.45. The highest BCUT2D eigenvalue weighted by atomic mass is 32.2. The number of carboxylic acid groups (broad SMARTS) is 1. The molecule has 0 spiro atoms. The summed E-state index contributed by atoms with van der Waals surface area (Å²) in [5.41, 5.74) is 0.981. The molecule has 0 aliphatic carbocycles. The highest BCUT2D eigenvalue weighted by molar-refractivity contribution is 7.91. The van der Waals surface area contributed by atoms with Gasteiger partial charge in [0, 0.05) is 13.2 Å². The molecule has 1 saturated heterocycles. The fourth-order valence-corrected chi connectivity index (χ4v) is 4.50. The van der Waals surface area contributed by atoms with Crippen LogP contribution in [0.1, 0.15) is 18.4 Å². The Morgan fingerprint density at radius 2 is 2.37 bits per heavy atom. The van der Waals surface area contributed by atoms with Crippen molar-refractivity contribution in [2.24, 2.45) is 18.9 Å². The van der Waals surface area contributed by atoms with Gasteiger partial charge in [-0.15, -0.1) is 0 Å². The number of carbonyl (C=O) groups is 1. The van der Waals surface area contributed by atoms with Crippen LogP contribution in [0.2, 0.25) is 0 Å². The maximum absolute atomic E-state index is 11.4. The predicted octanol–water partition coefficient (Wildman–Crippen LogP) is 0.488. The van der Waals surface area contributed by atoms with Gasteiger partial charge in [0.2, 0.25) is 0 Å². The van der Waals surface area contributed by atoms with E-state index in [0.29, 0.717) is 19.3 Å². The number of aliphatic carboxylic acids is 1. The lowest BCUT2D eigenvalue weighted by molar-refractivity contribution is -0.143. The van der Waals surface area contributed by atoms with E-state index in [9.17, 15) is 18.3 Å². The van der Waals surface area contributed by atoms with Gasteiger partial charge in [-0.3, -0.25) is 9.48 Å². The Bertz CT molecular complexity index is 564. The monoisotopic (exact) mass is 286 g/mol. The lowest BCUT2D eigenvalue weighted by Gasteiger charge is -2.17. The van der Waals surface area contributed by atoms with Crippen molar-refractivity contribution in [2.75, 3.05) is 11.5 Å². The van der Waals surface area contributed by atoms with Crippen molar-refractivity contribution in [1.82, 2.24) is 9.78 Å². The van der Waals surface area contributed by atoms with Gasteiger partial charge in [0.25, 0.3) is 0 Å². The molecule has 7 heteroatoms. The molecule has 1 N–H and O–H groups in total. The van der Waals surface area contributed by atoms with Crippen LogP contribution in [0.3, 0.4) is 0 Å². The quantitative estimate of drug-likeness (QED) is 0.850. The van der Waals surface area contributed by atoms with Crippen molar-refractivity contribution in [1.29, 1.82) is 0 Å². The Hall–Kier alpha value is -1.37. The molecule has 0 amide bonds. The van der Waals surface area contributed by atoms with E-state index < -0.39 is 21.7 Å². The zero-order chi connectivity index (χ0) is 14.0. The van der Waals surface area contributed by atoms with Gasteiger partial charge in [-0.25, -0.2) is 8.42 Å². The summed E-state index contributed by atoms with van der Waals surface area (Å²) < 4.78 is 24.6. The average molecular weight is 286 g/mol. The summed E-state index contributed by atoms with van der Waals surface area (Å²) in [7, 11) is -1.23. The molecule has 1 aromatic rings. The number of rotatable bonds is 5. The molecule has 2 heterocycles. The molecule has 106 valence electrons. The van der Waals surface area contributed by atoms with Crippen molar-refractivity contribution < 1.29 is 18.3 Å². The molecule has 0 aromatic carbocycles. The van der Waals surface area contributed by atoms with Crippen LogP contribution in [-0.2, 0) is 28.1 Å². The van der Waals surface area contributed by atoms with Crippen molar-refractivity contribution in [3.8, 4) is 0 Å². The zero-order valence-corrected chi connectivity index (χ0v) is 11.6. The summed E-state index contributed by atoms with van der Waals surface area (Å²) in [6.07, 6.45) is 5.10. The lowest BCUT2D eigenvalue weighted by atomic mass is 9.87. The minimum atomic E-state index is -3.03. The van der Waals surface area contributed by atoms with Crippen LogP contribution in [0.25, 0.3) is 0 Å². The number of carboxylic acids is 1. The van der Waals surface area contributed by atoms with Gasteiger partial charge in [0.05, 0.1) is 23.6 Å². The Balaban J connectivity index is 1.99. The van der Waals surface area contributed by atoms with Gasteiger partial charge in [0.15, 0.2) is 9.84 Å². The highest BCUT2D eigenvalue weighted by Crippen LogP contribution is 2.29. The molecular weight excluding hydrogens is 268 g/mol. The van der Waals surface area contributed by atoms with Gasteiger partial charge in [-0.1, -0.05) is 0 Å². The molecule has 1 fully saturated rings. The lowest BCUT2D eigenvalue weighted by Crippen LogP contribution is -2.25. The second-order valence-corrected chi connectivity index (χ2v) is 7.40. The summed E-state index contributed by atoms with van der Waals surface area (Å²) in [6.45, 7) is 0. The molecule has 1 aromatic heterocycles. The molecular formula is C12H18N2O4S. The first kappa shape index (κ1) is 14.0. The second-order valence-electron chi connectivity index (χ2n) is 5.17. The number of aromatic nitrogens is 2. The number of sulfone groups is 1. The van der Waals surface area contributed by atoms with E-state index in [2.05, 4.69) is 5.10 Å². The van der Waals surface area contributed by atoms with Crippen molar-refractivity contribution in [2.45, 2.75) is 19.3 Å². The summed E-state index contributed by atoms with van der Waals surface area (Å²) in [5, 5.41) is 13.3. The van der Waals surface area contributed by atoms with Crippen LogP contribution in [0.5, 0.6) is 0 Å². The molecule has 2 unspecified atom stereocenters. The topological polar surface area (TPSA) is 89.3 Å². The van der Waals surface area contributed by atoms with Gasteiger partial charge >= 0.3 is 5.97 Å². The summed E-state index contributed by atoms with van der Waals surface area (Å²) in [6, 6.07) is 0. The second kappa shape index (κ2) is 5.32.